The fourth-order valence-corrected chi connectivity index (χ4v) is 2.45. The highest BCUT2D eigenvalue weighted by atomic mass is 16.4. The molecule has 3 rings (SSSR count). The molecule has 0 atom stereocenters. The molecule has 0 amide bonds. The molecule has 2 aromatic rings. The summed E-state index contributed by atoms with van der Waals surface area (Å²) in [4.78, 5) is 22.6. The second kappa shape index (κ2) is 3.16. The number of H-pyrrole nitrogens is 1. The Morgan fingerprint density at radius 3 is 2.82 bits per heavy atom. The zero-order valence-electron chi connectivity index (χ0n) is 8.93. The lowest BCUT2D eigenvalue weighted by atomic mass is 9.63. The van der Waals surface area contributed by atoms with Crippen LogP contribution in [0.5, 0.6) is 0 Å². The van der Waals surface area contributed by atoms with Gasteiger partial charge in [0.25, 0.3) is 0 Å². The number of aromatic amines is 1. The highest BCUT2D eigenvalue weighted by molar-refractivity contribution is 6.04. The van der Waals surface area contributed by atoms with Gasteiger partial charge in [-0.05, 0) is 5.56 Å². The van der Waals surface area contributed by atoms with E-state index in [1.807, 2.05) is 6.07 Å². The molecule has 1 aliphatic rings. The molecule has 1 heterocycles. The second-order valence-corrected chi connectivity index (χ2v) is 4.42. The summed E-state index contributed by atoms with van der Waals surface area (Å²) in [7, 11) is 0. The highest BCUT2D eigenvalue weighted by Crippen LogP contribution is 2.43. The number of hydrogen-bond donors (Lipinski definition) is 2. The zero-order chi connectivity index (χ0) is 12.0. The molecular weight excluding hydrogens is 220 g/mol. The van der Waals surface area contributed by atoms with Gasteiger partial charge in [-0.15, -0.1) is 0 Å². The topological polar surface area (TPSA) is 83.1 Å². The summed E-state index contributed by atoms with van der Waals surface area (Å²) in [5.74, 6) is -0.955. The lowest BCUT2D eigenvalue weighted by Crippen LogP contribution is -2.48. The molecule has 0 spiro atoms. The standard InChI is InChI=1S/C12H10N2O3/c15-8-4-12(5-8,11(16)17)9-3-1-2-7-6-13-14-10(7)9/h1-3,6H,4-5H2,(H,13,14)(H,16,17). The van der Waals surface area contributed by atoms with Crippen LogP contribution in [-0.4, -0.2) is 27.1 Å². The summed E-state index contributed by atoms with van der Waals surface area (Å²) in [5, 5.41) is 16.9. The van der Waals surface area contributed by atoms with E-state index in [4.69, 9.17) is 0 Å². The molecule has 86 valence electrons. The van der Waals surface area contributed by atoms with Crippen LogP contribution in [0.4, 0.5) is 0 Å². The van der Waals surface area contributed by atoms with Crippen molar-refractivity contribution in [2.75, 3.05) is 0 Å². The molecule has 5 heteroatoms. The minimum atomic E-state index is -1.07. The average Bonchev–Trinajstić information content (AvgIpc) is 2.71. The number of aromatic nitrogens is 2. The van der Waals surface area contributed by atoms with Crippen LogP contribution >= 0.6 is 0 Å². The van der Waals surface area contributed by atoms with E-state index in [-0.39, 0.29) is 18.6 Å². The lowest BCUT2D eigenvalue weighted by Gasteiger charge is -2.36. The number of carbonyl (C=O) groups excluding carboxylic acids is 1. The number of nitrogens with zero attached hydrogens (tertiary/aromatic N) is 1. The molecule has 1 saturated carbocycles. The zero-order valence-corrected chi connectivity index (χ0v) is 8.93. The molecule has 1 fully saturated rings. The van der Waals surface area contributed by atoms with Crippen molar-refractivity contribution in [2.45, 2.75) is 18.3 Å². The van der Waals surface area contributed by atoms with Gasteiger partial charge >= 0.3 is 5.97 Å². The molecule has 0 bridgehead atoms. The summed E-state index contributed by atoms with van der Waals surface area (Å²) >= 11 is 0. The molecule has 1 aliphatic carbocycles. The van der Waals surface area contributed by atoms with Gasteiger partial charge in [0.05, 0.1) is 11.7 Å². The summed E-state index contributed by atoms with van der Waals surface area (Å²) < 4.78 is 0. The number of carbonyl (C=O) groups is 2. The molecule has 17 heavy (non-hydrogen) atoms. The molecule has 0 unspecified atom stereocenters. The van der Waals surface area contributed by atoms with E-state index in [9.17, 15) is 14.7 Å². The number of Topliss-reactive ketones (excluding diaryl/α,β-unsaturated/α-hetero) is 1. The number of fused-ring (bicyclic) bond motifs is 1. The minimum Gasteiger partial charge on any atom is -0.481 e. The number of aliphatic carboxylic acids is 1. The van der Waals surface area contributed by atoms with Crippen LogP contribution in [0, 0.1) is 0 Å². The van der Waals surface area contributed by atoms with Gasteiger partial charge in [0, 0.05) is 18.2 Å². The third-order valence-corrected chi connectivity index (χ3v) is 3.40. The first-order valence-corrected chi connectivity index (χ1v) is 5.31. The number of benzene rings is 1. The Morgan fingerprint density at radius 2 is 2.18 bits per heavy atom. The SMILES string of the molecule is O=C1CC(C(=O)O)(c2cccc3cn[nH]c23)C1. The van der Waals surface area contributed by atoms with Gasteiger partial charge in [-0.2, -0.15) is 5.10 Å². The third kappa shape index (κ3) is 1.22. The maximum absolute atomic E-state index is 11.4. The van der Waals surface area contributed by atoms with Gasteiger partial charge in [-0.3, -0.25) is 14.7 Å². The van der Waals surface area contributed by atoms with Crippen molar-refractivity contribution in [3.05, 3.63) is 30.0 Å². The summed E-state index contributed by atoms with van der Waals surface area (Å²) in [5.41, 5.74) is 0.297. The van der Waals surface area contributed by atoms with E-state index in [0.717, 1.165) is 5.39 Å². The van der Waals surface area contributed by atoms with E-state index < -0.39 is 11.4 Å². The van der Waals surface area contributed by atoms with Crippen LogP contribution in [-0.2, 0) is 15.0 Å². The van der Waals surface area contributed by atoms with Crippen molar-refractivity contribution in [3.8, 4) is 0 Å². The first-order chi connectivity index (χ1) is 8.13. The Balaban J connectivity index is 2.23. The first kappa shape index (κ1) is 10.0. The first-order valence-electron chi connectivity index (χ1n) is 5.31. The predicted octanol–water partition coefficient (Wildman–Crippen LogP) is 1.25. The molecule has 0 aliphatic heterocycles. The minimum absolute atomic E-state index is 0.0103. The Hall–Kier alpha value is -2.17. The fourth-order valence-electron chi connectivity index (χ4n) is 2.45. The van der Waals surface area contributed by atoms with E-state index in [2.05, 4.69) is 10.2 Å². The van der Waals surface area contributed by atoms with Crippen molar-refractivity contribution < 1.29 is 14.7 Å². The quantitative estimate of drug-likeness (QED) is 0.813. The maximum Gasteiger partial charge on any atom is 0.315 e. The normalized spacial score (nSPS) is 18.0. The van der Waals surface area contributed by atoms with Crippen LogP contribution in [0.25, 0.3) is 10.9 Å². The Labute approximate surface area is 96.4 Å². The number of para-hydroxylation sites is 1. The monoisotopic (exact) mass is 230 g/mol. The summed E-state index contributed by atoms with van der Waals surface area (Å²) in [6.07, 6.45) is 1.79. The lowest BCUT2D eigenvalue weighted by molar-refractivity contribution is -0.153. The van der Waals surface area contributed by atoms with Crippen LogP contribution in [0.3, 0.4) is 0 Å². The number of carboxylic acid groups (broad SMARTS) is 1. The maximum atomic E-state index is 11.4. The van der Waals surface area contributed by atoms with Crippen LogP contribution in [0.1, 0.15) is 18.4 Å². The summed E-state index contributed by atoms with van der Waals surface area (Å²) in [6.45, 7) is 0. The van der Waals surface area contributed by atoms with E-state index in [1.165, 1.54) is 0 Å². The number of hydrogen-bond acceptors (Lipinski definition) is 3. The van der Waals surface area contributed by atoms with Crippen molar-refractivity contribution in [3.63, 3.8) is 0 Å². The number of nitrogens with one attached hydrogen (secondary N) is 1. The van der Waals surface area contributed by atoms with Gasteiger partial charge in [-0.25, -0.2) is 0 Å². The highest BCUT2D eigenvalue weighted by Gasteiger charge is 2.52. The third-order valence-electron chi connectivity index (χ3n) is 3.40. The molecule has 0 radical (unpaired) electrons. The van der Waals surface area contributed by atoms with E-state index in [0.29, 0.717) is 11.1 Å². The van der Waals surface area contributed by atoms with Gasteiger partial charge in [0.15, 0.2) is 0 Å². The number of ketones is 1. The van der Waals surface area contributed by atoms with Gasteiger partial charge in [0.2, 0.25) is 0 Å². The van der Waals surface area contributed by atoms with E-state index in [1.54, 1.807) is 18.3 Å². The summed E-state index contributed by atoms with van der Waals surface area (Å²) in [6, 6.07) is 5.40. The second-order valence-electron chi connectivity index (χ2n) is 4.42. The Morgan fingerprint density at radius 1 is 1.41 bits per heavy atom. The van der Waals surface area contributed by atoms with Crippen molar-refractivity contribution in [1.82, 2.24) is 10.2 Å². The molecule has 2 N–H and O–H groups in total. The van der Waals surface area contributed by atoms with Gasteiger partial charge in [-0.1, -0.05) is 18.2 Å². The molecule has 5 nitrogen and oxygen atoms in total. The smallest absolute Gasteiger partial charge is 0.315 e. The van der Waals surface area contributed by atoms with Crippen LogP contribution in [0.15, 0.2) is 24.4 Å². The van der Waals surface area contributed by atoms with Gasteiger partial charge in [0.1, 0.15) is 11.2 Å². The van der Waals surface area contributed by atoms with Crippen molar-refractivity contribution >= 4 is 22.7 Å². The van der Waals surface area contributed by atoms with E-state index >= 15 is 0 Å². The fraction of sp³-hybridized carbons (Fsp3) is 0.250. The average molecular weight is 230 g/mol. The molecular formula is C12H10N2O3. The molecule has 1 aromatic heterocycles. The molecule has 1 aromatic carbocycles. The van der Waals surface area contributed by atoms with Crippen molar-refractivity contribution in [1.29, 1.82) is 0 Å². The largest absolute Gasteiger partial charge is 0.481 e. The van der Waals surface area contributed by atoms with Gasteiger partial charge < -0.3 is 5.11 Å². The Kier molecular flexibility index (Phi) is 1.86. The molecule has 0 saturated heterocycles. The van der Waals surface area contributed by atoms with Crippen LogP contribution < -0.4 is 0 Å². The Bertz CT molecular complexity index is 621. The predicted molar refractivity (Wildman–Crippen MR) is 59.6 cm³/mol. The number of carboxylic acids is 1. The van der Waals surface area contributed by atoms with Crippen molar-refractivity contribution in [2.24, 2.45) is 0 Å². The van der Waals surface area contributed by atoms with Crippen LogP contribution in [0.2, 0.25) is 0 Å². The number of rotatable bonds is 2.